The Bertz CT molecular complexity index is 480. The van der Waals surface area contributed by atoms with Crippen LogP contribution in [0.15, 0.2) is 30.3 Å². The monoisotopic (exact) mass is 279 g/mol. The molecule has 1 aliphatic rings. The minimum absolute atomic E-state index is 0.279. The highest BCUT2D eigenvalue weighted by Crippen LogP contribution is 2.26. The van der Waals surface area contributed by atoms with Crippen molar-refractivity contribution >= 4 is 11.9 Å². The molecule has 20 heavy (non-hydrogen) atoms. The number of methoxy groups -OCH3 is 1. The van der Waals surface area contributed by atoms with Crippen LogP contribution in [0.1, 0.15) is 23.2 Å². The molecule has 1 fully saturated rings. The Labute approximate surface area is 116 Å². The maximum absolute atomic E-state index is 11.9. The van der Waals surface area contributed by atoms with Gasteiger partial charge in [-0.25, -0.2) is 9.59 Å². The number of hydrogen-bond acceptors (Lipinski definition) is 5. The van der Waals surface area contributed by atoms with Crippen molar-refractivity contribution in [2.75, 3.05) is 20.2 Å². The molecule has 0 radical (unpaired) electrons. The third kappa shape index (κ3) is 2.97. The van der Waals surface area contributed by atoms with Crippen molar-refractivity contribution in [3.63, 3.8) is 0 Å². The van der Waals surface area contributed by atoms with Gasteiger partial charge in [0, 0.05) is 33.0 Å². The van der Waals surface area contributed by atoms with Crippen LogP contribution in [0.4, 0.5) is 0 Å². The lowest BCUT2D eigenvalue weighted by molar-refractivity contribution is -0.186. The van der Waals surface area contributed by atoms with E-state index in [0.29, 0.717) is 18.7 Å². The van der Waals surface area contributed by atoms with Gasteiger partial charge in [-0.3, -0.25) is 0 Å². The van der Waals surface area contributed by atoms with Crippen molar-refractivity contribution < 1.29 is 24.3 Å². The molecule has 1 heterocycles. The molecule has 0 spiro atoms. The molecular weight excluding hydrogens is 262 g/mol. The molecule has 0 bridgehead atoms. The molecular formula is C14H17NO5. The smallest absolute Gasteiger partial charge is 0.357 e. The lowest BCUT2D eigenvalue weighted by Crippen LogP contribution is -2.50. The maximum atomic E-state index is 11.9. The summed E-state index contributed by atoms with van der Waals surface area (Å²) in [6, 6.07) is 8.67. The summed E-state index contributed by atoms with van der Waals surface area (Å²) in [6.07, 6.45) is 0.557. The number of nitrogens with zero attached hydrogens (tertiary/aromatic N) is 1. The van der Waals surface area contributed by atoms with Gasteiger partial charge >= 0.3 is 11.9 Å². The number of hydrogen-bond donors (Lipinski definition) is 1. The van der Waals surface area contributed by atoms with Gasteiger partial charge in [-0.2, -0.15) is 0 Å². The van der Waals surface area contributed by atoms with Gasteiger partial charge in [-0.1, -0.05) is 18.2 Å². The highest BCUT2D eigenvalue weighted by atomic mass is 16.7. The molecule has 1 aromatic rings. The fraction of sp³-hybridized carbons (Fsp3) is 0.429. The van der Waals surface area contributed by atoms with Crippen LogP contribution in [0.5, 0.6) is 0 Å². The molecule has 108 valence electrons. The van der Waals surface area contributed by atoms with Gasteiger partial charge in [0.25, 0.3) is 0 Å². The summed E-state index contributed by atoms with van der Waals surface area (Å²) < 4.78 is 5.11. The summed E-state index contributed by atoms with van der Waals surface area (Å²) >= 11 is 0. The largest absolute Gasteiger partial charge is 0.479 e. The summed E-state index contributed by atoms with van der Waals surface area (Å²) in [6.45, 7) is 0.664. The zero-order valence-electron chi connectivity index (χ0n) is 11.2. The maximum Gasteiger partial charge on any atom is 0.357 e. The van der Waals surface area contributed by atoms with Crippen molar-refractivity contribution in [1.82, 2.24) is 5.06 Å². The van der Waals surface area contributed by atoms with Crippen LogP contribution in [0.25, 0.3) is 0 Å². The van der Waals surface area contributed by atoms with Gasteiger partial charge in [0.15, 0.2) is 5.60 Å². The highest BCUT2D eigenvalue weighted by Gasteiger charge is 2.42. The zero-order valence-corrected chi connectivity index (χ0v) is 11.2. The molecule has 2 rings (SSSR count). The molecule has 0 saturated carbocycles. The highest BCUT2D eigenvalue weighted by molar-refractivity contribution is 5.89. The number of benzene rings is 1. The van der Waals surface area contributed by atoms with Crippen LogP contribution in [0, 0.1) is 0 Å². The van der Waals surface area contributed by atoms with Crippen LogP contribution in [-0.2, 0) is 14.4 Å². The quantitative estimate of drug-likeness (QED) is 0.896. The predicted molar refractivity (Wildman–Crippen MR) is 70.0 cm³/mol. The van der Waals surface area contributed by atoms with Gasteiger partial charge in [-0.15, -0.1) is 5.06 Å². The lowest BCUT2D eigenvalue weighted by Gasteiger charge is -2.36. The van der Waals surface area contributed by atoms with Gasteiger partial charge in [0.05, 0.1) is 5.56 Å². The molecule has 0 unspecified atom stereocenters. The predicted octanol–water partition coefficient (Wildman–Crippen LogP) is 1.32. The second-order valence-electron chi connectivity index (χ2n) is 4.68. The summed E-state index contributed by atoms with van der Waals surface area (Å²) in [7, 11) is 1.39. The molecule has 1 aromatic carbocycles. The van der Waals surface area contributed by atoms with E-state index in [9.17, 15) is 14.7 Å². The van der Waals surface area contributed by atoms with Gasteiger partial charge in [0.2, 0.25) is 0 Å². The van der Waals surface area contributed by atoms with Gasteiger partial charge in [0.1, 0.15) is 0 Å². The lowest BCUT2D eigenvalue weighted by atomic mass is 9.92. The average molecular weight is 279 g/mol. The number of ether oxygens (including phenoxy) is 1. The summed E-state index contributed by atoms with van der Waals surface area (Å²) in [5.74, 6) is -1.42. The molecule has 6 heteroatoms. The fourth-order valence-electron chi connectivity index (χ4n) is 2.19. The van der Waals surface area contributed by atoms with E-state index in [0.717, 1.165) is 0 Å². The van der Waals surface area contributed by atoms with Crippen LogP contribution >= 0.6 is 0 Å². The Morgan fingerprint density at radius 3 is 2.30 bits per heavy atom. The molecule has 0 aliphatic carbocycles. The normalized spacial score (nSPS) is 18.4. The van der Waals surface area contributed by atoms with Crippen LogP contribution in [0.3, 0.4) is 0 Å². The number of carboxylic acid groups (broad SMARTS) is 1. The van der Waals surface area contributed by atoms with Crippen LogP contribution in [-0.4, -0.2) is 47.9 Å². The van der Waals surface area contributed by atoms with E-state index in [4.69, 9.17) is 9.57 Å². The molecule has 0 amide bonds. The Hall–Kier alpha value is -1.92. The van der Waals surface area contributed by atoms with E-state index < -0.39 is 17.5 Å². The van der Waals surface area contributed by atoms with Crippen LogP contribution < -0.4 is 0 Å². The topological polar surface area (TPSA) is 76.1 Å². The van der Waals surface area contributed by atoms with E-state index in [-0.39, 0.29) is 12.8 Å². The van der Waals surface area contributed by atoms with Crippen molar-refractivity contribution in [3.05, 3.63) is 35.9 Å². The average Bonchev–Trinajstić information content (AvgIpc) is 2.49. The number of carbonyl (C=O) groups excluding carboxylic acids is 1. The molecule has 6 nitrogen and oxygen atoms in total. The van der Waals surface area contributed by atoms with Crippen molar-refractivity contribution in [2.45, 2.75) is 18.4 Å². The van der Waals surface area contributed by atoms with Gasteiger partial charge in [-0.05, 0) is 12.1 Å². The first-order valence-electron chi connectivity index (χ1n) is 6.38. The number of carboxylic acids is 1. The number of rotatable bonds is 4. The summed E-state index contributed by atoms with van der Waals surface area (Å²) in [5.41, 5.74) is -0.704. The summed E-state index contributed by atoms with van der Waals surface area (Å²) in [5, 5.41) is 10.7. The minimum Gasteiger partial charge on any atom is -0.479 e. The second kappa shape index (κ2) is 6.02. The number of aliphatic carboxylic acids is 1. The number of piperidine rings is 1. The van der Waals surface area contributed by atoms with E-state index in [2.05, 4.69) is 0 Å². The molecule has 1 N–H and O–H groups in total. The molecule has 0 atom stereocenters. The third-order valence-electron chi connectivity index (χ3n) is 3.53. The zero-order chi connectivity index (χ0) is 14.6. The second-order valence-corrected chi connectivity index (χ2v) is 4.68. The van der Waals surface area contributed by atoms with E-state index in [1.807, 2.05) is 6.07 Å². The van der Waals surface area contributed by atoms with Crippen molar-refractivity contribution in [2.24, 2.45) is 0 Å². The fourth-order valence-corrected chi connectivity index (χ4v) is 2.19. The molecule has 0 aromatic heterocycles. The Kier molecular flexibility index (Phi) is 4.36. The van der Waals surface area contributed by atoms with Crippen LogP contribution in [0.2, 0.25) is 0 Å². The Morgan fingerprint density at radius 2 is 1.80 bits per heavy atom. The Balaban J connectivity index is 1.92. The van der Waals surface area contributed by atoms with E-state index in [1.165, 1.54) is 12.2 Å². The summed E-state index contributed by atoms with van der Waals surface area (Å²) in [4.78, 5) is 28.3. The van der Waals surface area contributed by atoms with Gasteiger partial charge < -0.3 is 14.7 Å². The first-order chi connectivity index (χ1) is 9.57. The molecule has 1 saturated heterocycles. The van der Waals surface area contributed by atoms with E-state index >= 15 is 0 Å². The third-order valence-corrected chi connectivity index (χ3v) is 3.53. The Morgan fingerprint density at radius 1 is 1.20 bits per heavy atom. The number of hydroxylamine groups is 2. The standard InChI is InChI=1S/C14H17NO5/c1-19-14(13(17)18)7-9-15(10-8-14)20-12(16)11-5-3-2-4-6-11/h2-6H,7-10H2,1H3,(H,17,18). The first kappa shape index (κ1) is 14.5. The number of carbonyl (C=O) groups is 2. The van der Waals surface area contributed by atoms with Crippen molar-refractivity contribution in [1.29, 1.82) is 0 Å². The first-order valence-corrected chi connectivity index (χ1v) is 6.38. The molecule has 1 aliphatic heterocycles. The minimum atomic E-state index is -1.17. The van der Waals surface area contributed by atoms with Crippen molar-refractivity contribution in [3.8, 4) is 0 Å². The van der Waals surface area contributed by atoms with E-state index in [1.54, 1.807) is 24.3 Å². The SMILES string of the molecule is COC1(C(=O)O)CCN(OC(=O)c2ccccc2)CC1.